The van der Waals surface area contributed by atoms with Gasteiger partial charge in [0.25, 0.3) is 5.91 Å². The number of fused-ring (bicyclic) bond motifs is 1. The molecule has 4 N–H and O–H groups in total. The Balaban J connectivity index is 1.85. The SMILES string of the molecule is CNNC(=O)Nc1c(F)cc(-c2cnc3[nH]cc(-c4ccccc4OC)c3c2)cc1C(=O)N(C)C. The molecule has 0 saturated heterocycles. The number of halogens is 1. The minimum atomic E-state index is -0.752. The number of carbonyl (C=O) groups is 2. The minimum Gasteiger partial charge on any atom is -0.496 e. The predicted octanol–water partition coefficient (Wildman–Crippen LogP) is 4.00. The summed E-state index contributed by atoms with van der Waals surface area (Å²) >= 11 is 0. The molecule has 0 radical (unpaired) electrons. The number of aromatic nitrogens is 2. The number of urea groups is 1. The lowest BCUT2D eigenvalue weighted by molar-refractivity contribution is 0.0828. The molecule has 0 atom stereocenters. The maximum Gasteiger partial charge on any atom is 0.333 e. The summed E-state index contributed by atoms with van der Waals surface area (Å²) in [4.78, 5) is 33.8. The Morgan fingerprint density at radius 1 is 1.09 bits per heavy atom. The molecule has 0 fully saturated rings. The maximum absolute atomic E-state index is 15.2. The number of amides is 3. The summed E-state index contributed by atoms with van der Waals surface area (Å²) in [5, 5.41) is 3.20. The van der Waals surface area contributed by atoms with Gasteiger partial charge in [0.2, 0.25) is 0 Å². The quantitative estimate of drug-likeness (QED) is 0.314. The van der Waals surface area contributed by atoms with Crippen LogP contribution in [0.1, 0.15) is 10.4 Å². The van der Waals surface area contributed by atoms with Crippen LogP contribution in [0.2, 0.25) is 0 Å². The molecular weight excluding hydrogens is 451 g/mol. The molecule has 35 heavy (non-hydrogen) atoms. The number of carbonyl (C=O) groups excluding carboxylic acids is 2. The van der Waals surface area contributed by atoms with E-state index in [9.17, 15) is 9.59 Å². The van der Waals surface area contributed by atoms with Crippen LogP contribution in [0.25, 0.3) is 33.3 Å². The van der Waals surface area contributed by atoms with Gasteiger partial charge >= 0.3 is 6.03 Å². The Kier molecular flexibility index (Phi) is 6.65. The lowest BCUT2D eigenvalue weighted by atomic mass is 9.99. The van der Waals surface area contributed by atoms with E-state index in [1.807, 2.05) is 36.5 Å². The first-order valence-electron chi connectivity index (χ1n) is 10.7. The van der Waals surface area contributed by atoms with Crippen LogP contribution in [0.15, 0.2) is 54.9 Å². The lowest BCUT2D eigenvalue weighted by Gasteiger charge is -2.17. The van der Waals surface area contributed by atoms with Crippen molar-refractivity contribution in [2.45, 2.75) is 0 Å². The van der Waals surface area contributed by atoms with Gasteiger partial charge in [0.05, 0.1) is 18.4 Å². The fourth-order valence-electron chi connectivity index (χ4n) is 3.82. The van der Waals surface area contributed by atoms with Crippen LogP contribution in [0.3, 0.4) is 0 Å². The number of hydrogen-bond acceptors (Lipinski definition) is 5. The van der Waals surface area contributed by atoms with E-state index in [1.54, 1.807) is 33.5 Å². The van der Waals surface area contributed by atoms with Gasteiger partial charge in [-0.3, -0.25) is 10.2 Å². The van der Waals surface area contributed by atoms with E-state index in [1.165, 1.54) is 18.0 Å². The molecule has 0 bridgehead atoms. The van der Waals surface area contributed by atoms with E-state index >= 15 is 4.39 Å². The van der Waals surface area contributed by atoms with Crippen molar-refractivity contribution in [1.29, 1.82) is 0 Å². The fraction of sp³-hybridized carbons (Fsp3) is 0.160. The molecular formula is C25H25FN6O3. The van der Waals surface area contributed by atoms with Gasteiger partial charge in [-0.2, -0.15) is 0 Å². The Morgan fingerprint density at radius 2 is 1.86 bits per heavy atom. The monoisotopic (exact) mass is 476 g/mol. The van der Waals surface area contributed by atoms with Gasteiger partial charge in [-0.25, -0.2) is 19.6 Å². The number of para-hydroxylation sites is 1. The van der Waals surface area contributed by atoms with Gasteiger partial charge in [0.1, 0.15) is 17.2 Å². The average molecular weight is 477 g/mol. The van der Waals surface area contributed by atoms with Crippen molar-refractivity contribution in [3.05, 3.63) is 66.2 Å². The van der Waals surface area contributed by atoms with Gasteiger partial charge in [0.15, 0.2) is 0 Å². The Bertz CT molecular complexity index is 1420. The molecule has 0 saturated carbocycles. The van der Waals surface area contributed by atoms with E-state index in [0.717, 1.165) is 16.5 Å². The number of rotatable bonds is 6. The highest BCUT2D eigenvalue weighted by atomic mass is 19.1. The molecule has 180 valence electrons. The molecule has 9 nitrogen and oxygen atoms in total. The second-order valence-corrected chi connectivity index (χ2v) is 7.93. The molecule has 0 aliphatic heterocycles. The molecule has 0 spiro atoms. The van der Waals surface area contributed by atoms with Crippen molar-refractivity contribution >= 4 is 28.7 Å². The fourth-order valence-corrected chi connectivity index (χ4v) is 3.82. The first kappa shape index (κ1) is 23.7. The van der Waals surface area contributed by atoms with Crippen molar-refractivity contribution in [1.82, 2.24) is 25.7 Å². The summed E-state index contributed by atoms with van der Waals surface area (Å²) in [7, 11) is 6.21. The standard InChI is InChI=1S/C25H25FN6O3/c1-27-31-25(34)30-22-18(24(33)32(2)3)9-14(11-20(22)26)15-10-17-19(13-29-23(17)28-12-15)16-7-5-6-8-21(16)35-4/h5-13,27H,1-4H3,(H,28,29)(H2,30,31,34). The number of benzene rings is 2. The second kappa shape index (κ2) is 9.82. The number of pyridine rings is 1. The Hall–Kier alpha value is -4.44. The van der Waals surface area contributed by atoms with E-state index in [2.05, 4.69) is 26.1 Å². The summed E-state index contributed by atoms with van der Waals surface area (Å²) < 4.78 is 20.7. The van der Waals surface area contributed by atoms with Crippen molar-refractivity contribution in [3.8, 4) is 28.0 Å². The van der Waals surface area contributed by atoms with E-state index in [-0.39, 0.29) is 11.3 Å². The van der Waals surface area contributed by atoms with E-state index in [0.29, 0.717) is 22.5 Å². The van der Waals surface area contributed by atoms with Crippen molar-refractivity contribution < 1.29 is 18.7 Å². The molecule has 4 rings (SSSR count). The van der Waals surface area contributed by atoms with E-state index in [4.69, 9.17) is 4.74 Å². The Labute approximate surface area is 201 Å². The van der Waals surface area contributed by atoms with Gasteiger partial charge in [-0.15, -0.1) is 0 Å². The van der Waals surface area contributed by atoms with Gasteiger partial charge in [-0.05, 0) is 29.8 Å². The van der Waals surface area contributed by atoms with Crippen LogP contribution >= 0.6 is 0 Å². The largest absolute Gasteiger partial charge is 0.496 e. The third-order valence-electron chi connectivity index (χ3n) is 5.47. The molecule has 4 aromatic rings. The normalized spacial score (nSPS) is 10.8. The van der Waals surface area contributed by atoms with Gasteiger partial charge < -0.3 is 19.9 Å². The molecule has 0 aliphatic rings. The van der Waals surface area contributed by atoms with E-state index < -0.39 is 17.8 Å². The first-order chi connectivity index (χ1) is 16.8. The third-order valence-corrected chi connectivity index (χ3v) is 5.47. The number of ether oxygens (including phenoxy) is 1. The third kappa shape index (κ3) is 4.64. The molecule has 3 amide bonds. The molecule has 2 heterocycles. The summed E-state index contributed by atoms with van der Waals surface area (Å²) in [5.41, 5.74) is 8.00. The topological polar surface area (TPSA) is 111 Å². The van der Waals surface area contributed by atoms with Crippen LogP contribution < -0.4 is 20.9 Å². The highest BCUT2D eigenvalue weighted by Gasteiger charge is 2.21. The van der Waals surface area contributed by atoms with Crippen LogP contribution in [0, 0.1) is 5.82 Å². The molecule has 2 aromatic heterocycles. The second-order valence-electron chi connectivity index (χ2n) is 7.93. The number of hydrazine groups is 1. The van der Waals surface area contributed by atoms with Crippen molar-refractivity contribution in [2.24, 2.45) is 0 Å². The number of anilines is 1. The molecule has 0 aliphatic carbocycles. The number of aromatic amines is 1. The van der Waals surface area contributed by atoms with Crippen LogP contribution in [-0.4, -0.2) is 55.1 Å². The zero-order valence-corrected chi connectivity index (χ0v) is 19.7. The number of H-pyrrole nitrogens is 1. The maximum atomic E-state index is 15.2. The summed E-state index contributed by atoms with van der Waals surface area (Å²) in [6, 6.07) is 11.6. The number of methoxy groups -OCH3 is 1. The van der Waals surface area contributed by atoms with Crippen molar-refractivity contribution in [2.75, 3.05) is 33.6 Å². The highest BCUT2D eigenvalue weighted by Crippen LogP contribution is 2.37. The predicted molar refractivity (Wildman–Crippen MR) is 133 cm³/mol. The van der Waals surface area contributed by atoms with Gasteiger partial charge in [-0.1, -0.05) is 18.2 Å². The minimum absolute atomic E-state index is 0.00960. The number of hydrogen-bond donors (Lipinski definition) is 4. The lowest BCUT2D eigenvalue weighted by Crippen LogP contribution is -2.38. The Morgan fingerprint density at radius 3 is 2.57 bits per heavy atom. The smallest absolute Gasteiger partial charge is 0.333 e. The van der Waals surface area contributed by atoms with Crippen LogP contribution in [0.4, 0.5) is 14.9 Å². The zero-order valence-electron chi connectivity index (χ0n) is 19.7. The summed E-state index contributed by atoms with van der Waals surface area (Å²) in [5.74, 6) is -0.507. The molecule has 0 unspecified atom stereocenters. The number of nitrogens with zero attached hydrogens (tertiary/aromatic N) is 2. The van der Waals surface area contributed by atoms with Crippen LogP contribution in [0.5, 0.6) is 5.75 Å². The molecule has 2 aromatic carbocycles. The molecule has 10 heteroatoms. The zero-order chi connectivity index (χ0) is 25.1. The van der Waals surface area contributed by atoms with Gasteiger partial charge in [0, 0.05) is 55.6 Å². The summed E-state index contributed by atoms with van der Waals surface area (Å²) in [6.07, 6.45) is 3.44. The van der Waals surface area contributed by atoms with Crippen LogP contribution in [-0.2, 0) is 0 Å². The average Bonchev–Trinajstić information content (AvgIpc) is 3.27. The van der Waals surface area contributed by atoms with Crippen molar-refractivity contribution in [3.63, 3.8) is 0 Å². The first-order valence-corrected chi connectivity index (χ1v) is 10.7. The highest BCUT2D eigenvalue weighted by molar-refractivity contribution is 6.05. The summed E-state index contributed by atoms with van der Waals surface area (Å²) in [6.45, 7) is 0. The number of nitrogens with one attached hydrogen (secondary N) is 4.